The highest BCUT2D eigenvalue weighted by atomic mass is 32.2. The summed E-state index contributed by atoms with van der Waals surface area (Å²) in [7, 11) is -17.5. The first-order valence-electron chi connectivity index (χ1n) is 45.6. The maximum absolute atomic E-state index is 12.1. The summed E-state index contributed by atoms with van der Waals surface area (Å²) in [6.07, 6.45) is 30.2. The van der Waals surface area contributed by atoms with Gasteiger partial charge in [-0.25, -0.2) is 91.8 Å². The maximum atomic E-state index is 12.1. The van der Waals surface area contributed by atoms with E-state index in [0.29, 0.717) is 75.7 Å². The normalized spacial score (nSPS) is 11.6. The van der Waals surface area contributed by atoms with Gasteiger partial charge in [0.25, 0.3) is 0 Å². The third-order valence-corrected chi connectivity index (χ3v) is 27.3. The van der Waals surface area contributed by atoms with Crippen LogP contribution in [0.1, 0.15) is 275 Å². The molecule has 35 nitrogen and oxygen atoms in total. The number of hydrogen-bond donors (Lipinski definition) is 11. The highest BCUT2D eigenvalue weighted by Crippen LogP contribution is 2.42. The fourth-order valence-corrected chi connectivity index (χ4v) is 19.5. The molecule has 0 bridgehead atoms. The molecule has 135 heavy (non-hydrogen) atoms. The summed E-state index contributed by atoms with van der Waals surface area (Å²) in [4.78, 5) is 67.3. The molecule has 1 aliphatic rings. The van der Waals surface area contributed by atoms with Crippen LogP contribution in [0.4, 0.5) is 28.4 Å². The van der Waals surface area contributed by atoms with Crippen molar-refractivity contribution >= 4 is 132 Å². The Balaban J connectivity index is 0.000000808. The Morgan fingerprint density at radius 3 is 0.756 bits per heavy atom. The van der Waals surface area contributed by atoms with E-state index >= 15 is 0 Å². The van der Waals surface area contributed by atoms with Crippen LogP contribution in [0.15, 0.2) is 153 Å². The summed E-state index contributed by atoms with van der Waals surface area (Å²) >= 11 is 2.65. The largest absolute Gasteiger partial charge is 0.493 e. The molecule has 7 aromatic rings. The molecule has 5 aromatic carbocycles. The molecule has 0 aliphatic carbocycles. The van der Waals surface area contributed by atoms with Gasteiger partial charge in [-0.3, -0.25) is 0 Å². The Labute approximate surface area is 810 Å². The number of carboxylic acids is 5. The van der Waals surface area contributed by atoms with Crippen LogP contribution in [0, 0.1) is 6.92 Å². The van der Waals surface area contributed by atoms with E-state index in [4.69, 9.17) is 35.2 Å². The van der Waals surface area contributed by atoms with E-state index in [1.807, 2.05) is 41.0 Å². The van der Waals surface area contributed by atoms with E-state index in [-0.39, 0.29) is 63.8 Å². The van der Waals surface area contributed by atoms with Crippen molar-refractivity contribution in [3.8, 4) is 11.5 Å². The van der Waals surface area contributed by atoms with Gasteiger partial charge in [-0.2, -0.15) is 0 Å². The second kappa shape index (κ2) is 65.6. The zero-order valence-corrected chi connectivity index (χ0v) is 86.8. The predicted octanol–water partition coefficient (Wildman–Crippen LogP) is 17.3. The average molecular weight is 2030 g/mol. The van der Waals surface area contributed by atoms with Crippen LogP contribution in [0.25, 0.3) is 0 Å². The molecule has 2 aromatic heterocycles. The van der Waals surface area contributed by atoms with E-state index < -0.39 is 80.0 Å². The Morgan fingerprint density at radius 1 is 0.341 bits per heavy atom. The Hall–Kier alpha value is -9.18. The fourth-order valence-electron chi connectivity index (χ4n) is 13.3. The van der Waals surface area contributed by atoms with Crippen molar-refractivity contribution in [2.24, 2.45) is 25.7 Å². The lowest BCUT2D eigenvalue weighted by Gasteiger charge is -2.28. The van der Waals surface area contributed by atoms with Crippen LogP contribution in [0.2, 0.25) is 0 Å². The first kappa shape index (κ1) is 124. The molecule has 0 saturated carbocycles. The molecular weight excluding hydrogens is 1880 g/mol. The first-order chi connectivity index (χ1) is 63.7. The second-order valence-corrected chi connectivity index (χ2v) is 41.0. The minimum Gasteiger partial charge on any atom is -0.493 e. The highest BCUT2D eigenvalue weighted by Gasteiger charge is 2.31. The fraction of sp³-hybridized carbons (Fsp3) is 0.538. The number of carbonyl (C=O) groups is 5. The number of anilines is 5. The van der Waals surface area contributed by atoms with Crippen molar-refractivity contribution in [3.05, 3.63) is 143 Å². The predicted molar refractivity (Wildman–Crippen MR) is 540 cm³/mol. The van der Waals surface area contributed by atoms with Crippen LogP contribution in [0.5, 0.6) is 11.5 Å². The number of sulfonamides is 5. The summed E-state index contributed by atoms with van der Waals surface area (Å²) in [5, 5.41) is 76.3. The zero-order chi connectivity index (χ0) is 102. The number of ether oxygens (including phenoxy) is 2. The molecule has 0 atom stereocenters. The van der Waals surface area contributed by atoms with Gasteiger partial charge in [0.15, 0.2) is 11.5 Å². The van der Waals surface area contributed by atoms with Gasteiger partial charge < -0.3 is 73.7 Å². The Kier molecular flexibility index (Phi) is 60.2. The van der Waals surface area contributed by atoms with E-state index in [0.717, 1.165) is 198 Å². The summed E-state index contributed by atoms with van der Waals surface area (Å²) in [6, 6.07) is 20.4. The number of methoxy groups -OCH3 is 2. The van der Waals surface area contributed by atoms with E-state index in [2.05, 4.69) is 98.1 Å². The zero-order valence-electron chi connectivity index (χ0n) is 81.1. The molecule has 0 unspecified atom stereocenters. The van der Waals surface area contributed by atoms with Crippen LogP contribution in [-0.4, -0.2) is 202 Å². The minimum atomic E-state index is -4.11. The van der Waals surface area contributed by atoms with Gasteiger partial charge >= 0.3 is 29.8 Å². The number of nitrogens with one attached hydrogen (secondary N) is 1. The van der Waals surface area contributed by atoms with Crippen molar-refractivity contribution in [2.45, 2.75) is 259 Å². The smallest absolute Gasteiger partial charge is 0.335 e. The Bertz CT molecular complexity index is 4920. The molecule has 42 heteroatoms. The lowest BCUT2D eigenvalue weighted by molar-refractivity contribution is 0.0685. The standard InChI is InChI=1S/C17H28N2O4S2.2C16H26N2O5S.C16H26N2O4S2.C16H26N2O4S.C4H9N.2C4H4O/c1-4-7-9-19(10-8-5-2)14-11-13(17(20)21)12-15(25(18,22)23)16(14)24-6-3;3*1-4-6-8-18(9-7-5-2)13-10-12(16(19)20)11-14(15(13)23-3)24(17,21)22;1-4-6-8-18(9-7-5-2)14-10-13(16(19)20)11-15(12(14)3)23(17,21)22;3*1-2-4-5-3-1/h11-12H,4-10H2,1-3H3,(H,20,21)(H2,18,22,23);3*10-11H,4-9H2,1-3H3,(H,19,20)(H2,17,21,22);10-11H,4-9H2,1-3H3,(H,19,20)(H2,17,21,22);5H,1-4H2;2*1-4H. The van der Waals surface area contributed by atoms with Gasteiger partial charge in [-0.15, -0.1) is 23.5 Å². The SMILES string of the molecule is C1CCNC1.CCCCN(CCCC)c1cc(C(=O)O)cc(S(N)(=O)=O)c1C.CCCCN(CCCC)c1cc(C(=O)O)cc(S(N)(=O)=O)c1OC.CCCCN(CCCC)c1cc(C(=O)O)cc(S(N)(=O)=O)c1OC.CCCCN(CCCC)c1cc(C(=O)O)cc(S(N)(=O)=O)c1SC.CCCCN(CCCC)c1cc(C(=O)O)cc(S(N)(=O)=O)c1SCC.c1ccoc1.c1ccoc1. The molecule has 0 spiro atoms. The number of unbranched alkanes of at least 4 members (excludes halogenated alkanes) is 10. The van der Waals surface area contributed by atoms with Crippen molar-refractivity contribution in [3.63, 3.8) is 0 Å². The van der Waals surface area contributed by atoms with Gasteiger partial charge in [0.05, 0.1) is 114 Å². The monoisotopic (exact) mass is 2030 g/mol. The number of carboxylic acid groups (broad SMARTS) is 5. The van der Waals surface area contributed by atoms with Gasteiger partial charge in [-0.05, 0) is 200 Å². The third kappa shape index (κ3) is 44.9. The number of benzene rings is 5. The van der Waals surface area contributed by atoms with Crippen LogP contribution >= 0.6 is 23.5 Å². The number of nitrogens with zero attached hydrogens (tertiary/aromatic N) is 5. The quantitative estimate of drug-likeness (QED) is 0.0158. The van der Waals surface area contributed by atoms with Gasteiger partial charge in [0.1, 0.15) is 9.79 Å². The van der Waals surface area contributed by atoms with Gasteiger partial charge in [-0.1, -0.05) is 140 Å². The molecule has 1 saturated heterocycles. The average Bonchev–Trinajstić information content (AvgIpc) is 1.22. The van der Waals surface area contributed by atoms with Crippen molar-refractivity contribution in [1.82, 2.24) is 5.32 Å². The second-order valence-electron chi connectivity index (χ2n) is 31.2. The third-order valence-electron chi connectivity index (χ3n) is 20.5. The molecule has 1 aliphatic heterocycles. The van der Waals surface area contributed by atoms with Crippen molar-refractivity contribution < 1.29 is 110 Å². The summed E-state index contributed by atoms with van der Waals surface area (Å²) in [6.45, 7) is 34.0. The van der Waals surface area contributed by atoms with Gasteiger partial charge in [0, 0.05) is 71.1 Å². The van der Waals surface area contributed by atoms with Crippen LogP contribution in [0.3, 0.4) is 0 Å². The van der Waals surface area contributed by atoms with Gasteiger partial charge in [0.2, 0.25) is 50.1 Å². The lowest BCUT2D eigenvalue weighted by Crippen LogP contribution is -2.28. The number of primary sulfonamides is 5. The number of aromatic carboxylic acids is 5. The molecule has 3 heterocycles. The van der Waals surface area contributed by atoms with Crippen LogP contribution < -0.4 is 65.0 Å². The molecule has 0 radical (unpaired) electrons. The lowest BCUT2D eigenvalue weighted by atomic mass is 10.1. The molecule has 1 fully saturated rings. The number of nitrogens with two attached hydrogens (primary N) is 5. The van der Waals surface area contributed by atoms with Crippen molar-refractivity contribution in [2.75, 3.05) is 129 Å². The summed E-state index contributed by atoms with van der Waals surface area (Å²) in [5.41, 5.74) is 2.87. The molecule has 762 valence electrons. The Morgan fingerprint density at radius 2 is 0.556 bits per heavy atom. The topological polar surface area (TPSA) is 560 Å². The van der Waals surface area contributed by atoms with Crippen molar-refractivity contribution in [1.29, 1.82) is 0 Å². The molecule has 0 amide bonds. The number of rotatable bonds is 50. The number of furan rings is 2. The first-order valence-corrected chi connectivity index (χ1v) is 55.5. The highest BCUT2D eigenvalue weighted by molar-refractivity contribution is 8.00. The van der Waals surface area contributed by atoms with E-state index in [9.17, 15) is 91.6 Å². The minimum absolute atomic E-state index is 0.0579. The molecule has 16 N–H and O–H groups in total. The van der Waals surface area contributed by atoms with E-state index in [1.54, 1.807) is 50.4 Å². The summed E-state index contributed by atoms with van der Waals surface area (Å²) < 4.78 is 139. The number of thioether (sulfide) groups is 2. The van der Waals surface area contributed by atoms with Crippen LogP contribution in [-0.2, 0) is 50.1 Å². The number of hydrogen-bond acceptors (Lipinski definition) is 27. The maximum Gasteiger partial charge on any atom is 0.335 e. The summed E-state index contributed by atoms with van der Waals surface area (Å²) in [5.74, 6) is -5.07. The molecule has 8 rings (SSSR count). The van der Waals surface area contributed by atoms with E-state index in [1.165, 1.54) is 81.9 Å². The molecular formula is C93H149N11O24S7.